The molecule has 0 aliphatic carbocycles. The molecule has 2 heterocycles. The average molecular weight is 478 g/mol. The van der Waals surface area contributed by atoms with Crippen molar-refractivity contribution in [2.75, 3.05) is 24.6 Å². The number of hydrogen-bond acceptors (Lipinski definition) is 7. The monoisotopic (exact) mass is 477 g/mol. The van der Waals surface area contributed by atoms with Crippen molar-refractivity contribution in [2.45, 2.75) is 32.2 Å². The van der Waals surface area contributed by atoms with E-state index in [9.17, 15) is 24.0 Å². The Morgan fingerprint density at radius 2 is 1.54 bits per heavy atom. The summed E-state index contributed by atoms with van der Waals surface area (Å²) in [4.78, 5) is 64.7. The molecule has 0 aromatic heterocycles. The SMILES string of the molecule is Cc1ccc(C(=O)COC(=O)c2ccc(N3C(=O)CC(N4CCC(C(N)=O)CC4)C3=O)cc2)cc1. The number of carbonyl (C=O) groups is 5. The number of nitrogens with two attached hydrogens (primary N) is 1. The van der Waals surface area contributed by atoms with Gasteiger partial charge in [0.05, 0.1) is 23.7 Å². The Balaban J connectivity index is 1.35. The number of imide groups is 1. The number of nitrogens with zero attached hydrogens (tertiary/aromatic N) is 2. The number of benzene rings is 2. The van der Waals surface area contributed by atoms with E-state index in [1.807, 2.05) is 24.0 Å². The standard InChI is InChI=1S/C26H27N3O6/c1-16-2-4-17(5-3-16)22(30)15-35-26(34)19-6-8-20(9-7-19)29-23(31)14-21(25(29)33)28-12-10-18(11-13-28)24(27)32/h2-9,18,21H,10-15H2,1H3,(H2,27,32). The second kappa shape index (κ2) is 10.2. The number of carbonyl (C=O) groups excluding carboxylic acids is 5. The fourth-order valence-corrected chi connectivity index (χ4v) is 4.45. The normalized spacial score (nSPS) is 19.1. The second-order valence-corrected chi connectivity index (χ2v) is 8.91. The molecule has 1 atom stereocenters. The lowest BCUT2D eigenvalue weighted by Crippen LogP contribution is -2.47. The Kier molecular flexibility index (Phi) is 7.07. The van der Waals surface area contributed by atoms with E-state index in [1.54, 1.807) is 12.1 Å². The first-order chi connectivity index (χ1) is 16.7. The van der Waals surface area contributed by atoms with Crippen molar-refractivity contribution < 1.29 is 28.7 Å². The molecule has 0 saturated carbocycles. The first kappa shape index (κ1) is 24.3. The van der Waals surface area contributed by atoms with Crippen LogP contribution in [0.5, 0.6) is 0 Å². The van der Waals surface area contributed by atoms with Gasteiger partial charge in [0.15, 0.2) is 12.4 Å². The van der Waals surface area contributed by atoms with Gasteiger partial charge in [-0.3, -0.25) is 24.1 Å². The first-order valence-corrected chi connectivity index (χ1v) is 11.5. The van der Waals surface area contributed by atoms with Gasteiger partial charge in [-0.05, 0) is 57.1 Å². The number of ether oxygens (including phenoxy) is 1. The number of ketones is 1. The molecular formula is C26H27N3O6. The molecular weight excluding hydrogens is 450 g/mol. The van der Waals surface area contributed by atoms with Gasteiger partial charge in [-0.25, -0.2) is 9.69 Å². The highest BCUT2D eigenvalue weighted by Gasteiger charge is 2.43. The minimum absolute atomic E-state index is 0.0605. The molecule has 2 saturated heterocycles. The predicted octanol–water partition coefficient (Wildman–Crippen LogP) is 1.86. The van der Waals surface area contributed by atoms with E-state index in [0.29, 0.717) is 37.2 Å². The number of amides is 3. The molecule has 2 aromatic carbocycles. The van der Waals surface area contributed by atoms with E-state index >= 15 is 0 Å². The first-order valence-electron chi connectivity index (χ1n) is 11.5. The maximum Gasteiger partial charge on any atom is 0.338 e. The highest BCUT2D eigenvalue weighted by atomic mass is 16.5. The molecule has 0 radical (unpaired) electrons. The van der Waals surface area contributed by atoms with Gasteiger partial charge in [0.25, 0.3) is 5.91 Å². The topological polar surface area (TPSA) is 127 Å². The van der Waals surface area contributed by atoms with Crippen LogP contribution in [-0.4, -0.2) is 60.1 Å². The number of aryl methyl sites for hydroxylation is 1. The molecule has 0 spiro atoms. The molecule has 2 fully saturated rings. The maximum atomic E-state index is 13.0. The maximum absolute atomic E-state index is 13.0. The van der Waals surface area contributed by atoms with Crippen LogP contribution in [0.1, 0.15) is 45.5 Å². The lowest BCUT2D eigenvalue weighted by atomic mass is 9.95. The van der Waals surface area contributed by atoms with Gasteiger partial charge in [-0.15, -0.1) is 0 Å². The molecule has 9 heteroatoms. The smallest absolute Gasteiger partial charge is 0.338 e. The quantitative estimate of drug-likeness (QED) is 0.366. The van der Waals surface area contributed by atoms with Gasteiger partial charge >= 0.3 is 5.97 Å². The van der Waals surface area contributed by atoms with Crippen molar-refractivity contribution in [3.8, 4) is 0 Å². The number of esters is 1. The number of hydrogen-bond donors (Lipinski definition) is 1. The third-order valence-corrected chi connectivity index (χ3v) is 6.56. The number of piperidine rings is 1. The van der Waals surface area contributed by atoms with Crippen LogP contribution >= 0.6 is 0 Å². The van der Waals surface area contributed by atoms with E-state index < -0.39 is 12.0 Å². The average Bonchev–Trinajstić information content (AvgIpc) is 3.16. The molecule has 2 aliphatic rings. The molecule has 1 unspecified atom stereocenters. The molecule has 2 N–H and O–H groups in total. The zero-order valence-electron chi connectivity index (χ0n) is 19.4. The number of anilines is 1. The largest absolute Gasteiger partial charge is 0.454 e. The predicted molar refractivity (Wildman–Crippen MR) is 127 cm³/mol. The van der Waals surface area contributed by atoms with E-state index in [-0.39, 0.29) is 48.0 Å². The van der Waals surface area contributed by atoms with Crippen LogP contribution in [0.3, 0.4) is 0 Å². The summed E-state index contributed by atoms with van der Waals surface area (Å²) in [6.45, 7) is 2.57. The molecule has 9 nitrogen and oxygen atoms in total. The summed E-state index contributed by atoms with van der Waals surface area (Å²) in [5.41, 5.74) is 7.42. The lowest BCUT2D eigenvalue weighted by Gasteiger charge is -2.33. The van der Waals surface area contributed by atoms with Gasteiger partial charge in [0.2, 0.25) is 11.8 Å². The number of primary amides is 1. The lowest BCUT2D eigenvalue weighted by molar-refractivity contribution is -0.124. The van der Waals surface area contributed by atoms with E-state index in [0.717, 1.165) is 10.5 Å². The molecule has 4 rings (SSSR count). The fraction of sp³-hybridized carbons (Fsp3) is 0.346. The van der Waals surface area contributed by atoms with Gasteiger partial charge in [-0.1, -0.05) is 29.8 Å². The summed E-state index contributed by atoms with van der Waals surface area (Å²) in [5, 5.41) is 0. The van der Waals surface area contributed by atoms with Gasteiger partial charge in [0.1, 0.15) is 0 Å². The van der Waals surface area contributed by atoms with Crippen LogP contribution in [0, 0.1) is 12.8 Å². The van der Waals surface area contributed by atoms with Crippen LogP contribution in [-0.2, 0) is 19.1 Å². The summed E-state index contributed by atoms with van der Waals surface area (Å²) < 4.78 is 5.13. The minimum atomic E-state index is -0.675. The van der Waals surface area contributed by atoms with Crippen molar-refractivity contribution in [1.82, 2.24) is 4.90 Å². The Morgan fingerprint density at radius 1 is 0.943 bits per heavy atom. The van der Waals surface area contributed by atoms with Crippen molar-refractivity contribution in [3.05, 3.63) is 65.2 Å². The molecule has 0 bridgehead atoms. The van der Waals surface area contributed by atoms with Gasteiger partial charge in [0, 0.05) is 11.5 Å². The van der Waals surface area contributed by atoms with Crippen molar-refractivity contribution in [2.24, 2.45) is 11.7 Å². The highest BCUT2D eigenvalue weighted by molar-refractivity contribution is 6.22. The van der Waals surface area contributed by atoms with Crippen LogP contribution in [0.2, 0.25) is 0 Å². The third-order valence-electron chi connectivity index (χ3n) is 6.56. The Labute approximate surface area is 202 Å². The summed E-state index contributed by atoms with van der Waals surface area (Å²) in [6, 6.07) is 12.3. The summed E-state index contributed by atoms with van der Waals surface area (Å²) in [7, 11) is 0. The zero-order chi connectivity index (χ0) is 25.1. The van der Waals surface area contributed by atoms with Crippen molar-refractivity contribution >= 4 is 35.2 Å². The van der Waals surface area contributed by atoms with Crippen LogP contribution in [0.4, 0.5) is 5.69 Å². The van der Waals surface area contributed by atoms with Gasteiger partial charge in [-0.2, -0.15) is 0 Å². The number of rotatable bonds is 7. The van der Waals surface area contributed by atoms with Gasteiger partial charge < -0.3 is 10.5 Å². The summed E-state index contributed by atoms with van der Waals surface area (Å²) >= 11 is 0. The third kappa shape index (κ3) is 5.30. The summed E-state index contributed by atoms with van der Waals surface area (Å²) in [5.74, 6) is -2.17. The highest BCUT2D eigenvalue weighted by Crippen LogP contribution is 2.29. The Bertz CT molecular complexity index is 1150. The number of likely N-dealkylation sites (tertiary alicyclic amines) is 1. The Morgan fingerprint density at radius 3 is 2.14 bits per heavy atom. The zero-order valence-corrected chi connectivity index (χ0v) is 19.4. The van der Waals surface area contributed by atoms with E-state index in [2.05, 4.69) is 0 Å². The number of Topliss-reactive ketones (excluding diaryl/α,β-unsaturated/α-hetero) is 1. The van der Waals surface area contributed by atoms with Crippen LogP contribution in [0.15, 0.2) is 48.5 Å². The second-order valence-electron chi connectivity index (χ2n) is 8.91. The molecule has 2 aliphatic heterocycles. The molecule has 3 amide bonds. The van der Waals surface area contributed by atoms with Crippen molar-refractivity contribution in [3.63, 3.8) is 0 Å². The van der Waals surface area contributed by atoms with Crippen LogP contribution in [0.25, 0.3) is 0 Å². The summed E-state index contributed by atoms with van der Waals surface area (Å²) in [6.07, 6.45) is 1.19. The van der Waals surface area contributed by atoms with E-state index in [1.165, 1.54) is 24.3 Å². The fourth-order valence-electron chi connectivity index (χ4n) is 4.45. The van der Waals surface area contributed by atoms with Crippen LogP contribution < -0.4 is 10.6 Å². The van der Waals surface area contributed by atoms with E-state index in [4.69, 9.17) is 10.5 Å². The Hall–Kier alpha value is -3.85. The molecule has 182 valence electrons. The molecule has 35 heavy (non-hydrogen) atoms. The molecule has 2 aromatic rings. The minimum Gasteiger partial charge on any atom is -0.454 e. The van der Waals surface area contributed by atoms with Crippen molar-refractivity contribution in [1.29, 1.82) is 0 Å².